The molecule has 10 fully saturated rings. The quantitative estimate of drug-likeness (QED) is 0.324. The maximum atomic E-state index is 3.90. The minimum absolute atomic E-state index is 0.763. The third-order valence-corrected chi connectivity index (χ3v) is 19.5. The van der Waals surface area contributed by atoms with Crippen LogP contribution < -0.4 is 5.32 Å². The minimum Gasteiger partial charge on any atom is -0.316 e. The van der Waals surface area contributed by atoms with E-state index in [9.17, 15) is 0 Å². The molecule has 0 aromatic carbocycles. The molecule has 1 N–H and O–H groups in total. The standard InChI is InChI=1S/C46H76N2/c1-3-13-35(14-4-1)46(36-15-5-2-6-16-36)42-18-10-9-17-38(42)39-24-21-34(28-43(39)46)31-19-22-37(23-20-31)48-44-25-26-47-30-41(44)40-27-32-11-7-8-12-33(32)29-45(40)48/h31-45,47H,1-30H2. The highest BCUT2D eigenvalue weighted by atomic mass is 15.3. The predicted octanol–water partition coefficient (Wildman–Crippen LogP) is 11.4. The van der Waals surface area contributed by atoms with Crippen LogP contribution in [0.25, 0.3) is 0 Å². The summed E-state index contributed by atoms with van der Waals surface area (Å²) >= 11 is 0. The van der Waals surface area contributed by atoms with E-state index >= 15 is 0 Å². The molecule has 270 valence electrons. The number of fused-ring (bicyclic) bond motifs is 7. The van der Waals surface area contributed by atoms with Gasteiger partial charge in [0.25, 0.3) is 0 Å². The SMILES string of the molecule is C1CCC(C2(C3CCCCC3)C3CCCCC3C3CCC(C4CCC(N5C6CCNCC6C6CC7CCCCC7CC65)CC4)CC32)CC1. The van der Waals surface area contributed by atoms with E-state index in [1.807, 2.05) is 0 Å². The van der Waals surface area contributed by atoms with Crippen LogP contribution in [0.1, 0.15) is 180 Å². The second-order valence-electron chi connectivity index (χ2n) is 20.8. The fourth-order valence-corrected chi connectivity index (χ4v) is 18.1. The van der Waals surface area contributed by atoms with Gasteiger partial charge in [-0.05, 0) is 192 Å². The first-order valence-electron chi connectivity index (χ1n) is 23.3. The molecule has 0 amide bonds. The number of rotatable bonds is 4. The Bertz CT molecular complexity index is 1060. The summed E-state index contributed by atoms with van der Waals surface area (Å²) in [6.45, 7) is 2.63. The zero-order valence-electron chi connectivity index (χ0n) is 31.3. The summed E-state index contributed by atoms with van der Waals surface area (Å²) in [6, 6.07) is 2.80. The Balaban J connectivity index is 0.877. The first kappa shape index (κ1) is 32.6. The summed E-state index contributed by atoms with van der Waals surface area (Å²) in [4.78, 5) is 3.31. The molecule has 0 radical (unpaired) electrons. The van der Waals surface area contributed by atoms with E-state index in [0.29, 0.717) is 0 Å². The molecule has 2 heterocycles. The highest BCUT2D eigenvalue weighted by Crippen LogP contribution is 2.72. The summed E-state index contributed by atoms with van der Waals surface area (Å²) < 4.78 is 0. The number of nitrogens with zero attached hydrogens (tertiary/aromatic N) is 1. The molecule has 8 saturated carbocycles. The smallest absolute Gasteiger partial charge is 0.0157 e. The van der Waals surface area contributed by atoms with Gasteiger partial charge in [0.2, 0.25) is 0 Å². The maximum absolute atomic E-state index is 3.90. The molecule has 2 aliphatic heterocycles. The first-order valence-corrected chi connectivity index (χ1v) is 23.3. The highest BCUT2D eigenvalue weighted by Gasteiger charge is 2.66. The van der Waals surface area contributed by atoms with Crippen LogP contribution in [0.2, 0.25) is 0 Å². The fourth-order valence-electron chi connectivity index (χ4n) is 18.1. The Kier molecular flexibility index (Phi) is 9.31. The Hall–Kier alpha value is -0.0800. The van der Waals surface area contributed by atoms with Crippen LogP contribution in [0.5, 0.6) is 0 Å². The van der Waals surface area contributed by atoms with Gasteiger partial charge in [0.1, 0.15) is 0 Å². The van der Waals surface area contributed by atoms with Crippen LogP contribution in [-0.4, -0.2) is 36.1 Å². The molecule has 0 aromatic rings. The van der Waals surface area contributed by atoms with Gasteiger partial charge in [0, 0.05) is 18.1 Å². The second-order valence-corrected chi connectivity index (χ2v) is 20.8. The number of piperidine rings is 1. The average Bonchev–Trinajstić information content (AvgIpc) is 3.64. The van der Waals surface area contributed by atoms with Gasteiger partial charge >= 0.3 is 0 Å². The van der Waals surface area contributed by atoms with Crippen LogP contribution >= 0.6 is 0 Å². The Labute approximate surface area is 296 Å². The second kappa shape index (κ2) is 13.7. The molecule has 11 atom stereocenters. The monoisotopic (exact) mass is 657 g/mol. The van der Waals surface area contributed by atoms with Gasteiger partial charge in [-0.25, -0.2) is 0 Å². The fraction of sp³-hybridized carbons (Fsp3) is 1.00. The van der Waals surface area contributed by atoms with Gasteiger partial charge in [-0.2, -0.15) is 0 Å². The van der Waals surface area contributed by atoms with E-state index in [0.717, 1.165) is 94.6 Å². The number of nitrogens with one attached hydrogen (secondary N) is 1. The molecule has 0 spiro atoms. The lowest BCUT2D eigenvalue weighted by Crippen LogP contribution is -2.52. The van der Waals surface area contributed by atoms with Gasteiger partial charge < -0.3 is 5.32 Å². The Morgan fingerprint density at radius 2 is 1.00 bits per heavy atom. The van der Waals surface area contributed by atoms with Gasteiger partial charge in [0.15, 0.2) is 0 Å². The summed E-state index contributed by atoms with van der Waals surface area (Å²) in [7, 11) is 0. The normalized spacial score (nSPS) is 50.1. The zero-order valence-corrected chi connectivity index (χ0v) is 31.3. The third-order valence-electron chi connectivity index (χ3n) is 19.5. The molecule has 11 unspecified atom stereocenters. The van der Waals surface area contributed by atoms with Crippen molar-refractivity contribution in [2.75, 3.05) is 13.1 Å². The summed E-state index contributed by atoms with van der Waals surface area (Å²) in [5, 5.41) is 3.90. The highest BCUT2D eigenvalue weighted by molar-refractivity contribution is 5.14. The lowest BCUT2D eigenvalue weighted by Gasteiger charge is -2.57. The summed E-state index contributed by atoms with van der Waals surface area (Å²) in [6.07, 6.45) is 44.4. The molecular weight excluding hydrogens is 581 g/mol. The van der Waals surface area contributed by atoms with Crippen LogP contribution in [0, 0.1) is 76.4 Å². The maximum Gasteiger partial charge on any atom is 0.0157 e. The molecule has 10 rings (SSSR count). The van der Waals surface area contributed by atoms with Gasteiger partial charge in [0.05, 0.1) is 0 Å². The average molecular weight is 657 g/mol. The van der Waals surface area contributed by atoms with Crippen molar-refractivity contribution in [1.82, 2.24) is 10.2 Å². The Morgan fingerprint density at radius 3 is 1.75 bits per heavy atom. The van der Waals surface area contributed by atoms with Crippen molar-refractivity contribution in [1.29, 1.82) is 0 Å². The van der Waals surface area contributed by atoms with E-state index < -0.39 is 0 Å². The van der Waals surface area contributed by atoms with Crippen LogP contribution in [0.4, 0.5) is 0 Å². The van der Waals surface area contributed by atoms with Crippen molar-refractivity contribution < 1.29 is 0 Å². The molecule has 48 heavy (non-hydrogen) atoms. The number of hydrogen-bond donors (Lipinski definition) is 1. The molecule has 0 bridgehead atoms. The van der Waals surface area contributed by atoms with Gasteiger partial charge in [-0.15, -0.1) is 0 Å². The Morgan fingerprint density at radius 1 is 0.396 bits per heavy atom. The molecule has 2 heteroatoms. The molecule has 10 aliphatic rings. The molecule has 0 aromatic heterocycles. The van der Waals surface area contributed by atoms with Crippen molar-refractivity contribution in [2.24, 2.45) is 76.4 Å². The lowest BCUT2D eigenvalue weighted by molar-refractivity contribution is -0.0835. The molecule has 2 nitrogen and oxygen atoms in total. The van der Waals surface area contributed by atoms with Crippen LogP contribution in [0.3, 0.4) is 0 Å². The molecule has 8 aliphatic carbocycles. The summed E-state index contributed by atoms with van der Waals surface area (Å²) in [5.41, 5.74) is 0.763. The van der Waals surface area contributed by atoms with Crippen molar-refractivity contribution in [3.05, 3.63) is 0 Å². The lowest BCUT2D eigenvalue weighted by atomic mass is 9.48. The molecule has 2 saturated heterocycles. The van der Waals surface area contributed by atoms with E-state index in [-0.39, 0.29) is 0 Å². The third kappa shape index (κ3) is 5.32. The van der Waals surface area contributed by atoms with E-state index in [1.54, 1.807) is 161 Å². The van der Waals surface area contributed by atoms with E-state index in [4.69, 9.17) is 0 Å². The van der Waals surface area contributed by atoms with Crippen molar-refractivity contribution in [2.45, 2.75) is 198 Å². The minimum atomic E-state index is 0.763. The van der Waals surface area contributed by atoms with E-state index in [2.05, 4.69) is 10.2 Å². The number of hydrogen-bond acceptors (Lipinski definition) is 2. The zero-order chi connectivity index (χ0) is 31.7. The molecular formula is C46H76N2. The predicted molar refractivity (Wildman–Crippen MR) is 200 cm³/mol. The summed E-state index contributed by atoms with van der Waals surface area (Å²) in [5.74, 6) is 13.0. The number of likely N-dealkylation sites (tertiary alicyclic amines) is 1. The van der Waals surface area contributed by atoms with E-state index in [1.165, 1.54) is 32.4 Å². The van der Waals surface area contributed by atoms with Gasteiger partial charge in [-0.3, -0.25) is 4.90 Å². The van der Waals surface area contributed by atoms with Gasteiger partial charge in [-0.1, -0.05) is 77.0 Å². The first-order chi connectivity index (χ1) is 23.8. The van der Waals surface area contributed by atoms with Crippen molar-refractivity contribution >= 4 is 0 Å². The van der Waals surface area contributed by atoms with Crippen LogP contribution in [-0.2, 0) is 0 Å². The van der Waals surface area contributed by atoms with Crippen molar-refractivity contribution in [3.63, 3.8) is 0 Å². The topological polar surface area (TPSA) is 15.3 Å². The largest absolute Gasteiger partial charge is 0.316 e. The van der Waals surface area contributed by atoms with Crippen LogP contribution in [0.15, 0.2) is 0 Å². The van der Waals surface area contributed by atoms with Crippen molar-refractivity contribution in [3.8, 4) is 0 Å².